The molecule has 0 radical (unpaired) electrons. The minimum absolute atomic E-state index is 0.0550. The fraction of sp³-hybridized carbons (Fsp3) is 0.375. The third kappa shape index (κ3) is 2.82. The van der Waals surface area contributed by atoms with Crippen LogP contribution in [0.5, 0.6) is 0 Å². The quantitative estimate of drug-likeness (QED) is 0.777. The monoisotopic (exact) mass is 326 g/mol. The molecule has 124 valence electrons. The van der Waals surface area contributed by atoms with E-state index in [2.05, 4.69) is 25.2 Å². The van der Waals surface area contributed by atoms with Gasteiger partial charge in [-0.05, 0) is 31.5 Å². The summed E-state index contributed by atoms with van der Waals surface area (Å²) in [6.45, 7) is 3.13. The van der Waals surface area contributed by atoms with Crippen LogP contribution in [0.15, 0.2) is 35.0 Å². The van der Waals surface area contributed by atoms with Gasteiger partial charge in [-0.1, -0.05) is 0 Å². The maximum absolute atomic E-state index is 12.4. The van der Waals surface area contributed by atoms with Crippen LogP contribution >= 0.6 is 0 Å². The van der Waals surface area contributed by atoms with E-state index in [0.29, 0.717) is 24.6 Å². The Morgan fingerprint density at radius 2 is 2.33 bits per heavy atom. The van der Waals surface area contributed by atoms with Gasteiger partial charge in [0.2, 0.25) is 0 Å². The van der Waals surface area contributed by atoms with E-state index in [9.17, 15) is 4.79 Å². The molecule has 1 N–H and O–H groups in total. The second-order valence-corrected chi connectivity index (χ2v) is 5.95. The lowest BCUT2D eigenvalue weighted by molar-refractivity contribution is 0.0897. The molecule has 1 amide bonds. The van der Waals surface area contributed by atoms with Crippen molar-refractivity contribution >= 4 is 5.91 Å². The molecule has 1 aliphatic heterocycles. The van der Waals surface area contributed by atoms with E-state index in [1.807, 2.05) is 19.2 Å². The Hall–Kier alpha value is -2.90. The Kier molecular flexibility index (Phi) is 3.64. The summed E-state index contributed by atoms with van der Waals surface area (Å²) in [6.07, 6.45) is 5.23. The minimum Gasteiger partial charge on any atom is -0.454 e. The average Bonchev–Trinajstić information content (AvgIpc) is 3.31. The first kappa shape index (κ1) is 14.7. The molecule has 8 heteroatoms. The van der Waals surface area contributed by atoms with Crippen molar-refractivity contribution in [1.82, 2.24) is 29.9 Å². The lowest BCUT2D eigenvalue weighted by Gasteiger charge is -2.24. The second-order valence-electron chi connectivity index (χ2n) is 5.95. The number of rotatable bonds is 4. The number of fused-ring (bicyclic) bond motifs is 1. The van der Waals surface area contributed by atoms with E-state index in [-0.39, 0.29) is 11.9 Å². The van der Waals surface area contributed by atoms with Crippen LogP contribution in [-0.2, 0) is 19.5 Å². The highest BCUT2D eigenvalue weighted by Gasteiger charge is 2.24. The van der Waals surface area contributed by atoms with E-state index >= 15 is 0 Å². The smallest absolute Gasteiger partial charge is 0.287 e. The Balaban J connectivity index is 1.40. The molecule has 24 heavy (non-hydrogen) atoms. The normalized spacial score (nSPS) is 16.8. The molecule has 3 aromatic heterocycles. The Labute approximate surface area is 138 Å². The first-order chi connectivity index (χ1) is 11.7. The van der Waals surface area contributed by atoms with Gasteiger partial charge < -0.3 is 14.3 Å². The largest absolute Gasteiger partial charge is 0.454 e. The molecule has 0 bridgehead atoms. The molecule has 0 aromatic carbocycles. The fourth-order valence-electron chi connectivity index (χ4n) is 2.98. The molecule has 4 heterocycles. The zero-order valence-electron chi connectivity index (χ0n) is 13.3. The van der Waals surface area contributed by atoms with E-state index in [1.165, 1.54) is 0 Å². The van der Waals surface area contributed by atoms with Crippen LogP contribution in [0.3, 0.4) is 0 Å². The van der Waals surface area contributed by atoms with Crippen molar-refractivity contribution in [1.29, 1.82) is 0 Å². The van der Waals surface area contributed by atoms with Crippen molar-refractivity contribution < 1.29 is 9.21 Å². The number of carbonyl (C=O) groups excluding carboxylic acids is 1. The first-order valence-electron chi connectivity index (χ1n) is 7.95. The van der Waals surface area contributed by atoms with Crippen molar-refractivity contribution in [2.75, 3.05) is 0 Å². The minimum atomic E-state index is -0.194. The number of nitrogens with one attached hydrogen (secondary N) is 1. The van der Waals surface area contributed by atoms with Gasteiger partial charge in [0.15, 0.2) is 5.76 Å². The van der Waals surface area contributed by atoms with Crippen molar-refractivity contribution in [3.05, 3.63) is 53.8 Å². The Bertz CT molecular complexity index is 848. The number of hydrogen-bond donors (Lipinski definition) is 1. The van der Waals surface area contributed by atoms with E-state index in [1.54, 1.807) is 23.0 Å². The molecule has 1 unspecified atom stereocenters. The summed E-state index contributed by atoms with van der Waals surface area (Å²) >= 11 is 0. The van der Waals surface area contributed by atoms with Gasteiger partial charge in [-0.2, -0.15) is 5.10 Å². The van der Waals surface area contributed by atoms with Gasteiger partial charge in [-0.25, -0.2) is 0 Å². The lowest BCUT2D eigenvalue weighted by Crippen LogP contribution is -2.41. The fourth-order valence-corrected chi connectivity index (χ4v) is 2.98. The van der Waals surface area contributed by atoms with Crippen LogP contribution in [0.2, 0.25) is 0 Å². The number of aryl methyl sites for hydroxylation is 2. The van der Waals surface area contributed by atoms with E-state index in [0.717, 1.165) is 24.5 Å². The van der Waals surface area contributed by atoms with Crippen molar-refractivity contribution in [2.24, 2.45) is 0 Å². The summed E-state index contributed by atoms with van der Waals surface area (Å²) in [6, 6.07) is 5.41. The van der Waals surface area contributed by atoms with Gasteiger partial charge in [0, 0.05) is 31.4 Å². The van der Waals surface area contributed by atoms with Gasteiger partial charge in [0.1, 0.15) is 17.4 Å². The third-order valence-electron chi connectivity index (χ3n) is 4.23. The third-order valence-corrected chi connectivity index (χ3v) is 4.23. The lowest BCUT2D eigenvalue weighted by atomic mass is 10.1. The highest BCUT2D eigenvalue weighted by molar-refractivity contribution is 5.91. The number of carbonyl (C=O) groups is 1. The van der Waals surface area contributed by atoms with E-state index in [4.69, 9.17) is 4.42 Å². The zero-order valence-corrected chi connectivity index (χ0v) is 13.3. The Morgan fingerprint density at radius 3 is 3.17 bits per heavy atom. The Morgan fingerprint density at radius 1 is 1.42 bits per heavy atom. The zero-order chi connectivity index (χ0) is 16.5. The molecule has 0 fully saturated rings. The van der Waals surface area contributed by atoms with Crippen LogP contribution in [0, 0.1) is 6.92 Å². The number of hydrogen-bond acceptors (Lipinski definition) is 5. The first-order valence-corrected chi connectivity index (χ1v) is 7.95. The van der Waals surface area contributed by atoms with Crippen LogP contribution in [-0.4, -0.2) is 36.5 Å². The van der Waals surface area contributed by atoms with Crippen LogP contribution in [0.25, 0.3) is 0 Å². The van der Waals surface area contributed by atoms with Gasteiger partial charge >= 0.3 is 0 Å². The van der Waals surface area contributed by atoms with Crippen molar-refractivity contribution in [3.8, 4) is 0 Å². The standard InChI is InChI=1S/C16H18N6O2/c1-11-19-20-15-6-3-12(9-22(11)15)18-16(23)14-5-4-13(24-14)10-21-8-2-7-17-21/h2,4-5,7-8,12H,3,6,9-10H2,1H3,(H,18,23). The van der Waals surface area contributed by atoms with Crippen LogP contribution < -0.4 is 5.32 Å². The molecule has 0 saturated carbocycles. The molecule has 0 aliphatic carbocycles. The predicted octanol–water partition coefficient (Wildman–Crippen LogP) is 1.17. The SMILES string of the molecule is Cc1nnc2n1CC(NC(=O)c1ccc(Cn3cccn3)o1)CC2. The number of aromatic nitrogens is 5. The predicted molar refractivity (Wildman–Crippen MR) is 84.4 cm³/mol. The van der Waals surface area contributed by atoms with Gasteiger partial charge in [0.25, 0.3) is 5.91 Å². The van der Waals surface area contributed by atoms with E-state index < -0.39 is 0 Å². The summed E-state index contributed by atoms with van der Waals surface area (Å²) in [4.78, 5) is 12.4. The summed E-state index contributed by atoms with van der Waals surface area (Å²) in [5.41, 5.74) is 0. The summed E-state index contributed by atoms with van der Waals surface area (Å²) in [7, 11) is 0. The summed E-state index contributed by atoms with van der Waals surface area (Å²) < 4.78 is 9.44. The molecular formula is C16H18N6O2. The molecule has 0 spiro atoms. The summed E-state index contributed by atoms with van der Waals surface area (Å²) in [5, 5.41) is 15.4. The molecule has 1 atom stereocenters. The molecule has 0 saturated heterocycles. The maximum atomic E-state index is 12.4. The maximum Gasteiger partial charge on any atom is 0.287 e. The van der Waals surface area contributed by atoms with Crippen molar-refractivity contribution in [2.45, 2.75) is 38.9 Å². The topological polar surface area (TPSA) is 90.8 Å². The van der Waals surface area contributed by atoms with Gasteiger partial charge in [-0.3, -0.25) is 9.48 Å². The number of amides is 1. The number of furan rings is 1. The summed E-state index contributed by atoms with van der Waals surface area (Å²) in [5.74, 6) is 2.69. The van der Waals surface area contributed by atoms with Crippen molar-refractivity contribution in [3.63, 3.8) is 0 Å². The molecule has 1 aliphatic rings. The van der Waals surface area contributed by atoms with Gasteiger partial charge in [-0.15, -0.1) is 10.2 Å². The molecule has 8 nitrogen and oxygen atoms in total. The molecule has 4 rings (SSSR count). The van der Waals surface area contributed by atoms with Gasteiger partial charge in [0.05, 0.1) is 6.54 Å². The average molecular weight is 326 g/mol. The highest BCUT2D eigenvalue weighted by atomic mass is 16.4. The highest BCUT2D eigenvalue weighted by Crippen LogP contribution is 2.16. The molecule has 3 aromatic rings. The number of nitrogens with zero attached hydrogens (tertiary/aromatic N) is 5. The molecular weight excluding hydrogens is 308 g/mol. The van der Waals surface area contributed by atoms with Crippen LogP contribution in [0.1, 0.15) is 34.4 Å². The second kappa shape index (κ2) is 5.95. The van der Waals surface area contributed by atoms with Crippen LogP contribution in [0.4, 0.5) is 0 Å².